The van der Waals surface area contributed by atoms with Gasteiger partial charge in [0, 0.05) is 36.5 Å². The Labute approximate surface area is 168 Å². The van der Waals surface area contributed by atoms with Crippen molar-refractivity contribution in [2.24, 2.45) is 7.05 Å². The first-order valence-corrected chi connectivity index (χ1v) is 9.55. The van der Waals surface area contributed by atoms with Crippen molar-refractivity contribution < 1.29 is 13.0 Å². The molecule has 0 aliphatic heterocycles. The molecule has 148 valence electrons. The standard InChI is InChI=1S/C20H16FN3O4S/c1-11-17(24(2)20(26)23-18(11)25)14-4-3-13(9-12(14)10-29-21)28-19-15-6-8-27-16(15)5-7-22-19/h3-9H,10H2,1-2H3,(H,23,25,26). The summed E-state index contributed by atoms with van der Waals surface area (Å²) in [6.45, 7) is 1.62. The first-order chi connectivity index (χ1) is 14.0. The van der Waals surface area contributed by atoms with Crippen LogP contribution in [0.1, 0.15) is 11.1 Å². The molecule has 0 saturated carbocycles. The fourth-order valence-electron chi connectivity index (χ4n) is 3.22. The van der Waals surface area contributed by atoms with Crippen LogP contribution in [0.5, 0.6) is 11.6 Å². The number of aromatic nitrogens is 3. The Morgan fingerprint density at radius 1 is 1.28 bits per heavy atom. The van der Waals surface area contributed by atoms with Gasteiger partial charge in [0.25, 0.3) is 5.56 Å². The predicted molar refractivity (Wildman–Crippen MR) is 109 cm³/mol. The Morgan fingerprint density at radius 2 is 2.10 bits per heavy atom. The van der Waals surface area contributed by atoms with Gasteiger partial charge in [-0.05, 0) is 42.8 Å². The quantitative estimate of drug-likeness (QED) is 0.530. The zero-order valence-corrected chi connectivity index (χ0v) is 16.4. The second-order valence-electron chi connectivity index (χ2n) is 6.41. The Bertz CT molecular complexity index is 1290. The molecule has 4 rings (SSSR count). The largest absolute Gasteiger partial charge is 0.464 e. The third kappa shape index (κ3) is 3.44. The lowest BCUT2D eigenvalue weighted by molar-refractivity contribution is 0.468. The third-order valence-corrected chi connectivity index (χ3v) is 5.08. The van der Waals surface area contributed by atoms with Crippen LogP contribution < -0.4 is 16.0 Å². The number of halogens is 1. The number of H-pyrrole nitrogens is 1. The molecule has 0 bridgehead atoms. The summed E-state index contributed by atoms with van der Waals surface area (Å²) in [5.41, 5.74) is 1.60. The average Bonchev–Trinajstić information content (AvgIpc) is 3.18. The van der Waals surface area contributed by atoms with Crippen LogP contribution in [0, 0.1) is 6.92 Å². The maximum absolute atomic E-state index is 13.2. The number of rotatable bonds is 5. The van der Waals surface area contributed by atoms with E-state index in [1.807, 2.05) is 0 Å². The number of nitrogens with zero attached hydrogens (tertiary/aromatic N) is 2. The van der Waals surface area contributed by atoms with E-state index < -0.39 is 11.2 Å². The van der Waals surface area contributed by atoms with E-state index in [1.54, 1.807) is 56.8 Å². The number of hydrogen-bond donors (Lipinski definition) is 1. The molecule has 0 amide bonds. The fraction of sp³-hybridized carbons (Fsp3) is 0.150. The third-order valence-electron chi connectivity index (χ3n) is 4.66. The smallest absolute Gasteiger partial charge is 0.328 e. The average molecular weight is 413 g/mol. The number of nitrogens with one attached hydrogen (secondary N) is 1. The predicted octanol–water partition coefficient (Wildman–Crippen LogP) is 4.10. The molecule has 7 nitrogen and oxygen atoms in total. The summed E-state index contributed by atoms with van der Waals surface area (Å²) in [7, 11) is 1.56. The van der Waals surface area contributed by atoms with Crippen molar-refractivity contribution in [1.29, 1.82) is 0 Å². The molecule has 9 heteroatoms. The molecule has 0 unspecified atom stereocenters. The van der Waals surface area contributed by atoms with Crippen LogP contribution in [-0.4, -0.2) is 14.5 Å². The summed E-state index contributed by atoms with van der Waals surface area (Å²) in [6, 6.07) is 8.55. The van der Waals surface area contributed by atoms with Crippen molar-refractivity contribution >= 4 is 23.1 Å². The van der Waals surface area contributed by atoms with Gasteiger partial charge in [-0.1, -0.05) is 0 Å². The van der Waals surface area contributed by atoms with Crippen LogP contribution in [0.15, 0.2) is 56.8 Å². The molecule has 3 aromatic heterocycles. The Balaban J connectivity index is 1.82. The van der Waals surface area contributed by atoms with Gasteiger partial charge in [-0.25, -0.2) is 9.78 Å². The summed E-state index contributed by atoms with van der Waals surface area (Å²) >= 11 is 0.143. The molecule has 0 aliphatic rings. The Hall–Kier alpha value is -3.33. The lowest BCUT2D eigenvalue weighted by atomic mass is 10.0. The molecule has 0 saturated heterocycles. The number of aromatic amines is 1. The van der Waals surface area contributed by atoms with Gasteiger partial charge in [-0.15, -0.1) is 0 Å². The zero-order chi connectivity index (χ0) is 20.5. The van der Waals surface area contributed by atoms with Crippen molar-refractivity contribution in [3.8, 4) is 22.9 Å². The first-order valence-electron chi connectivity index (χ1n) is 8.66. The number of pyridine rings is 1. The van der Waals surface area contributed by atoms with Crippen LogP contribution in [-0.2, 0) is 12.8 Å². The molecule has 1 N–H and O–H groups in total. The summed E-state index contributed by atoms with van der Waals surface area (Å²) in [6.07, 6.45) is 3.12. The van der Waals surface area contributed by atoms with Gasteiger partial charge in [0.2, 0.25) is 5.88 Å². The van der Waals surface area contributed by atoms with Gasteiger partial charge in [-0.3, -0.25) is 14.3 Å². The topological polar surface area (TPSA) is 90.1 Å². The van der Waals surface area contributed by atoms with Crippen LogP contribution >= 0.6 is 12.1 Å². The zero-order valence-electron chi connectivity index (χ0n) is 15.6. The molecule has 1 aromatic carbocycles. The van der Waals surface area contributed by atoms with Crippen LogP contribution in [0.3, 0.4) is 0 Å². The van der Waals surface area contributed by atoms with Crippen molar-refractivity contribution in [2.45, 2.75) is 12.7 Å². The molecule has 3 heterocycles. The number of benzene rings is 1. The van der Waals surface area contributed by atoms with E-state index in [-0.39, 0.29) is 17.9 Å². The summed E-state index contributed by atoms with van der Waals surface area (Å²) in [5, 5.41) is 0.714. The highest BCUT2D eigenvalue weighted by molar-refractivity contribution is 7.93. The van der Waals surface area contributed by atoms with Gasteiger partial charge in [-0.2, -0.15) is 3.89 Å². The molecule has 0 aliphatic carbocycles. The van der Waals surface area contributed by atoms with Gasteiger partial charge < -0.3 is 9.15 Å². The minimum Gasteiger partial charge on any atom is -0.464 e. The van der Waals surface area contributed by atoms with E-state index in [2.05, 4.69) is 9.97 Å². The minimum atomic E-state index is -0.536. The molecule has 0 radical (unpaired) electrons. The van der Waals surface area contributed by atoms with Gasteiger partial charge >= 0.3 is 5.69 Å². The van der Waals surface area contributed by atoms with Crippen LogP contribution in [0.4, 0.5) is 3.89 Å². The van der Waals surface area contributed by atoms with Crippen LogP contribution in [0.2, 0.25) is 0 Å². The van der Waals surface area contributed by atoms with E-state index in [0.717, 1.165) is 0 Å². The Morgan fingerprint density at radius 3 is 2.90 bits per heavy atom. The molecule has 0 spiro atoms. The van der Waals surface area contributed by atoms with Crippen molar-refractivity contribution in [1.82, 2.24) is 14.5 Å². The minimum absolute atomic E-state index is 0.0241. The molecule has 0 fully saturated rings. The number of fused-ring (bicyclic) bond motifs is 1. The van der Waals surface area contributed by atoms with E-state index in [1.165, 1.54) is 4.57 Å². The first kappa shape index (κ1) is 19.0. The van der Waals surface area contributed by atoms with Crippen LogP contribution in [0.25, 0.3) is 22.2 Å². The normalized spacial score (nSPS) is 11.1. The molecular weight excluding hydrogens is 397 g/mol. The highest BCUT2D eigenvalue weighted by Crippen LogP contribution is 2.34. The number of hydrogen-bond acceptors (Lipinski definition) is 6. The lowest BCUT2D eigenvalue weighted by Gasteiger charge is -2.15. The summed E-state index contributed by atoms with van der Waals surface area (Å²) in [5.74, 6) is 0.838. The summed E-state index contributed by atoms with van der Waals surface area (Å²) in [4.78, 5) is 30.6. The van der Waals surface area contributed by atoms with Gasteiger partial charge in [0.05, 0.1) is 23.1 Å². The van der Waals surface area contributed by atoms with Crippen molar-refractivity contribution in [3.05, 3.63) is 74.8 Å². The van der Waals surface area contributed by atoms with Crippen molar-refractivity contribution in [3.63, 3.8) is 0 Å². The van der Waals surface area contributed by atoms with E-state index >= 15 is 0 Å². The Kier molecular flexibility index (Phi) is 4.98. The number of ether oxygens (including phenoxy) is 1. The molecular formula is C20H16FN3O4S. The molecule has 0 atom stereocenters. The second kappa shape index (κ2) is 7.59. The number of furan rings is 1. The van der Waals surface area contributed by atoms with Gasteiger partial charge in [0.1, 0.15) is 11.3 Å². The SMILES string of the molecule is Cc1c(-c2ccc(Oc3nccc4occc34)cc2CSF)n(C)c(=O)[nH]c1=O. The maximum atomic E-state index is 13.2. The van der Waals surface area contributed by atoms with Crippen molar-refractivity contribution in [2.75, 3.05) is 0 Å². The van der Waals surface area contributed by atoms with E-state index in [4.69, 9.17) is 9.15 Å². The highest BCUT2D eigenvalue weighted by Gasteiger charge is 2.16. The van der Waals surface area contributed by atoms with E-state index in [9.17, 15) is 13.5 Å². The lowest BCUT2D eigenvalue weighted by Crippen LogP contribution is -2.31. The van der Waals surface area contributed by atoms with E-state index in [0.29, 0.717) is 45.0 Å². The second-order valence-corrected chi connectivity index (χ2v) is 6.92. The maximum Gasteiger partial charge on any atom is 0.328 e. The molecule has 29 heavy (non-hydrogen) atoms. The fourth-order valence-corrected chi connectivity index (χ4v) is 3.58. The highest BCUT2D eigenvalue weighted by atomic mass is 32.2. The van der Waals surface area contributed by atoms with Gasteiger partial charge in [0.15, 0.2) is 0 Å². The molecule has 4 aromatic rings. The summed E-state index contributed by atoms with van der Waals surface area (Å²) < 4.78 is 25.8. The monoisotopic (exact) mass is 413 g/mol.